The molecule has 0 saturated carbocycles. The second kappa shape index (κ2) is 12.7. The van der Waals surface area contributed by atoms with Crippen molar-refractivity contribution >= 4 is 89.7 Å². The van der Waals surface area contributed by atoms with E-state index in [1.54, 1.807) is 0 Å². The second-order valence-corrected chi connectivity index (χ2v) is 19.2. The van der Waals surface area contributed by atoms with Crippen LogP contribution in [0.3, 0.4) is 0 Å². The average Bonchev–Trinajstić information content (AvgIpc) is 3.75. The van der Waals surface area contributed by atoms with Gasteiger partial charge in [0.1, 0.15) is 0 Å². The van der Waals surface area contributed by atoms with E-state index >= 15 is 9.13 Å². The predicted molar refractivity (Wildman–Crippen MR) is 228 cm³/mol. The summed E-state index contributed by atoms with van der Waals surface area (Å²) >= 11 is 0. The average molecular weight is 733 g/mol. The standard InChI is InChI=1S/C48H34N2O2P2/c51-53(35-17-5-1-6-18-35,36-19-7-2-8-20-36)39-29-31-47-43(33-39)41-25-13-15-27-45(41)49(47)50-46-28-16-14-26-42(46)44-34-40(30-32-48(44)50)54(52,37-21-9-3-10-22-37)38-23-11-4-12-24-38/h1-34H. The highest BCUT2D eigenvalue weighted by molar-refractivity contribution is 7.85. The Bertz CT molecular complexity index is 2800. The van der Waals surface area contributed by atoms with Gasteiger partial charge >= 0.3 is 0 Å². The van der Waals surface area contributed by atoms with E-state index < -0.39 is 14.3 Å². The van der Waals surface area contributed by atoms with E-state index in [1.807, 2.05) is 133 Å². The van der Waals surface area contributed by atoms with Crippen LogP contribution in [0.4, 0.5) is 0 Å². The van der Waals surface area contributed by atoms with Crippen LogP contribution < -0.4 is 31.8 Å². The zero-order chi connectivity index (χ0) is 36.3. The number of hydrogen-bond donors (Lipinski definition) is 0. The van der Waals surface area contributed by atoms with Crippen LogP contribution in [0.2, 0.25) is 0 Å². The van der Waals surface area contributed by atoms with E-state index in [9.17, 15) is 0 Å². The number of aromatic nitrogens is 2. The van der Waals surface area contributed by atoms with Crippen molar-refractivity contribution in [3.63, 3.8) is 0 Å². The van der Waals surface area contributed by atoms with Crippen molar-refractivity contribution in [1.29, 1.82) is 0 Å². The molecule has 0 radical (unpaired) electrons. The number of fused-ring (bicyclic) bond motifs is 6. The third kappa shape index (κ3) is 4.85. The summed E-state index contributed by atoms with van der Waals surface area (Å²) in [4.78, 5) is 0. The minimum absolute atomic E-state index is 0.791. The Labute approximate surface area is 313 Å². The largest absolute Gasteiger partial charge is 0.309 e. The van der Waals surface area contributed by atoms with Gasteiger partial charge in [-0.25, -0.2) is 9.35 Å². The molecule has 258 valence electrons. The van der Waals surface area contributed by atoms with E-state index in [2.05, 4.69) is 82.1 Å². The fourth-order valence-electron chi connectivity index (χ4n) is 8.15. The van der Waals surface area contributed by atoms with Gasteiger partial charge in [0.05, 0.1) is 22.1 Å². The van der Waals surface area contributed by atoms with Gasteiger partial charge in [-0.2, -0.15) is 0 Å². The first-order valence-corrected chi connectivity index (χ1v) is 21.5. The number of rotatable bonds is 7. The van der Waals surface area contributed by atoms with Gasteiger partial charge in [-0.15, -0.1) is 0 Å². The van der Waals surface area contributed by atoms with Gasteiger partial charge in [-0.3, -0.25) is 0 Å². The van der Waals surface area contributed by atoms with Crippen molar-refractivity contribution in [2.45, 2.75) is 0 Å². The fourth-order valence-corrected chi connectivity index (χ4v) is 13.5. The predicted octanol–water partition coefficient (Wildman–Crippen LogP) is 9.49. The van der Waals surface area contributed by atoms with Gasteiger partial charge in [0.15, 0.2) is 14.3 Å². The topological polar surface area (TPSA) is 44.0 Å². The molecule has 10 aromatic rings. The van der Waals surface area contributed by atoms with Crippen LogP contribution in [0, 0.1) is 0 Å². The maximum absolute atomic E-state index is 15.5. The Morgan fingerprint density at radius 1 is 0.259 bits per heavy atom. The molecule has 2 aromatic heterocycles. The number of para-hydroxylation sites is 2. The Kier molecular flexibility index (Phi) is 7.66. The van der Waals surface area contributed by atoms with E-state index in [4.69, 9.17) is 0 Å². The highest BCUT2D eigenvalue weighted by Crippen LogP contribution is 2.46. The van der Waals surface area contributed by atoms with E-state index in [-0.39, 0.29) is 0 Å². The highest BCUT2D eigenvalue weighted by Gasteiger charge is 2.32. The van der Waals surface area contributed by atoms with Crippen LogP contribution in [-0.4, -0.2) is 9.35 Å². The van der Waals surface area contributed by atoms with Crippen LogP contribution in [-0.2, 0) is 9.13 Å². The SMILES string of the molecule is O=P(c1ccccc1)(c1ccccc1)c1ccc2c(c1)c1ccccc1n2-n1c2ccccc2c2cc(P(=O)(c3ccccc3)c3ccccc3)ccc21. The summed E-state index contributed by atoms with van der Waals surface area (Å²) in [6.07, 6.45) is 0. The normalized spacial score (nSPS) is 12.2. The molecule has 0 bridgehead atoms. The summed E-state index contributed by atoms with van der Waals surface area (Å²) in [5, 5.41) is 9.00. The molecule has 0 unspecified atom stereocenters. The second-order valence-electron chi connectivity index (χ2n) is 13.6. The first-order valence-electron chi connectivity index (χ1n) is 18.1. The monoisotopic (exact) mass is 732 g/mol. The molecule has 0 aliphatic carbocycles. The lowest BCUT2D eigenvalue weighted by atomic mass is 10.1. The van der Waals surface area contributed by atoms with Crippen molar-refractivity contribution in [1.82, 2.24) is 9.35 Å². The van der Waals surface area contributed by atoms with E-state index in [0.29, 0.717) is 0 Å². The minimum Gasteiger partial charge on any atom is -0.309 e. The first-order chi connectivity index (χ1) is 26.6. The Hall–Kier alpha value is -6.18. The maximum atomic E-state index is 15.5. The summed E-state index contributed by atoms with van der Waals surface area (Å²) in [5.41, 5.74) is 4.06. The van der Waals surface area contributed by atoms with Gasteiger partial charge in [-0.05, 0) is 48.5 Å². The zero-order valence-corrected chi connectivity index (χ0v) is 31.0. The molecule has 0 N–H and O–H groups in total. The third-order valence-corrected chi connectivity index (χ3v) is 16.8. The van der Waals surface area contributed by atoms with Crippen molar-refractivity contribution in [2.24, 2.45) is 0 Å². The summed E-state index contributed by atoms with van der Waals surface area (Å²) in [7, 11) is -6.41. The van der Waals surface area contributed by atoms with Gasteiger partial charge in [0, 0.05) is 53.4 Å². The van der Waals surface area contributed by atoms with Gasteiger partial charge in [0.2, 0.25) is 0 Å². The van der Waals surface area contributed by atoms with Crippen molar-refractivity contribution in [2.75, 3.05) is 0 Å². The van der Waals surface area contributed by atoms with Crippen LogP contribution >= 0.6 is 14.3 Å². The molecule has 0 atom stereocenters. The minimum atomic E-state index is -3.20. The Morgan fingerprint density at radius 3 is 0.870 bits per heavy atom. The molecule has 0 aliphatic heterocycles. The number of nitrogens with zero attached hydrogens (tertiary/aromatic N) is 2. The first kappa shape index (κ1) is 32.5. The van der Waals surface area contributed by atoms with Crippen molar-refractivity contribution < 1.29 is 9.13 Å². The van der Waals surface area contributed by atoms with E-state index in [1.165, 1.54) is 0 Å². The molecule has 8 aromatic carbocycles. The molecule has 2 heterocycles. The molecule has 0 aliphatic rings. The lowest BCUT2D eigenvalue weighted by Crippen LogP contribution is -2.25. The summed E-state index contributed by atoms with van der Waals surface area (Å²) < 4.78 is 35.5. The number of benzene rings is 8. The third-order valence-electron chi connectivity index (χ3n) is 10.7. The smallest absolute Gasteiger partial charge is 0.171 e. The zero-order valence-electron chi connectivity index (χ0n) is 29.2. The quantitative estimate of drug-likeness (QED) is 0.153. The summed E-state index contributed by atoms with van der Waals surface area (Å²) in [6, 6.07) is 68.8. The fraction of sp³-hybridized carbons (Fsp3) is 0. The molecule has 0 saturated heterocycles. The summed E-state index contributed by atoms with van der Waals surface area (Å²) in [6.45, 7) is 0. The number of hydrogen-bond acceptors (Lipinski definition) is 2. The summed E-state index contributed by atoms with van der Waals surface area (Å²) in [5.74, 6) is 0. The van der Waals surface area contributed by atoms with Crippen LogP contribution in [0.5, 0.6) is 0 Å². The van der Waals surface area contributed by atoms with Crippen molar-refractivity contribution in [3.8, 4) is 0 Å². The molecule has 0 amide bonds. The molecular weight excluding hydrogens is 698 g/mol. The highest BCUT2D eigenvalue weighted by atomic mass is 31.2. The van der Waals surface area contributed by atoms with Gasteiger partial charge in [0.25, 0.3) is 0 Å². The van der Waals surface area contributed by atoms with Crippen LogP contribution in [0.25, 0.3) is 43.6 Å². The lowest BCUT2D eigenvalue weighted by Gasteiger charge is -2.21. The Balaban J connectivity index is 1.24. The van der Waals surface area contributed by atoms with Crippen molar-refractivity contribution in [3.05, 3.63) is 206 Å². The lowest BCUT2D eigenvalue weighted by molar-refractivity contribution is 0.591. The molecule has 0 spiro atoms. The molecule has 4 nitrogen and oxygen atoms in total. The molecule has 0 fully saturated rings. The van der Waals surface area contributed by atoms with Crippen LogP contribution in [0.1, 0.15) is 0 Å². The maximum Gasteiger partial charge on any atom is 0.171 e. The van der Waals surface area contributed by atoms with E-state index in [0.717, 1.165) is 75.4 Å². The van der Waals surface area contributed by atoms with Crippen LogP contribution in [0.15, 0.2) is 206 Å². The van der Waals surface area contributed by atoms with Gasteiger partial charge in [-0.1, -0.05) is 158 Å². The Morgan fingerprint density at radius 2 is 0.537 bits per heavy atom. The molecule has 6 heteroatoms. The molecular formula is C48H34N2O2P2. The molecule has 54 heavy (non-hydrogen) atoms. The molecule has 10 rings (SSSR count). The van der Waals surface area contributed by atoms with Gasteiger partial charge < -0.3 is 9.13 Å².